The van der Waals surface area contributed by atoms with Crippen LogP contribution in [0.1, 0.15) is 21.5 Å². The Morgan fingerprint density at radius 2 is 1.48 bits per heavy atom. The Bertz CT molecular complexity index is 685. The molecule has 0 aromatic heterocycles. The van der Waals surface area contributed by atoms with Crippen molar-refractivity contribution in [2.75, 3.05) is 5.32 Å². The molecule has 0 radical (unpaired) electrons. The number of aryl methyl sites for hydroxylation is 2. The minimum absolute atomic E-state index is 0.287. The molecule has 0 atom stereocenters. The molecule has 0 saturated heterocycles. The second-order valence-corrected chi connectivity index (χ2v) is 5.43. The van der Waals surface area contributed by atoms with E-state index in [0.717, 1.165) is 15.6 Å². The molecule has 0 saturated carbocycles. The van der Waals surface area contributed by atoms with Crippen LogP contribution in [0.3, 0.4) is 0 Å². The van der Waals surface area contributed by atoms with Crippen molar-refractivity contribution in [1.82, 2.24) is 0 Å². The molecule has 0 aliphatic rings. The lowest BCUT2D eigenvalue weighted by Gasteiger charge is -2.10. The smallest absolute Gasteiger partial charge is 0.255 e. The van der Waals surface area contributed by atoms with E-state index in [2.05, 4.69) is 21.2 Å². The summed E-state index contributed by atoms with van der Waals surface area (Å²) in [4.78, 5) is 12.0. The molecule has 2 nitrogen and oxygen atoms in total. The highest BCUT2D eigenvalue weighted by molar-refractivity contribution is 9.10. The van der Waals surface area contributed by atoms with Gasteiger partial charge in [0.05, 0.1) is 0 Å². The Hall–Kier alpha value is -1.82. The Morgan fingerprint density at radius 1 is 1.00 bits per heavy atom. The van der Waals surface area contributed by atoms with Gasteiger partial charge >= 0.3 is 0 Å². The largest absolute Gasteiger partial charge is 0.322 e. The number of nitrogens with one attached hydrogen (secondary N) is 1. The standard InChI is InChI=1S/C15H11BrF3NO/c1-7-3-10(4-8(2)13(7)16)20-15(21)9-5-11(17)14(19)12(18)6-9/h3-6H,1-2H3,(H,20,21). The fourth-order valence-corrected chi connectivity index (χ4v) is 2.14. The van der Waals surface area contributed by atoms with Crippen LogP contribution in [0.2, 0.25) is 0 Å². The van der Waals surface area contributed by atoms with Gasteiger partial charge in [-0.3, -0.25) is 4.79 Å². The van der Waals surface area contributed by atoms with Crippen LogP contribution in [0.25, 0.3) is 0 Å². The second-order valence-electron chi connectivity index (χ2n) is 4.63. The number of halogens is 4. The molecule has 1 N–H and O–H groups in total. The SMILES string of the molecule is Cc1cc(NC(=O)c2cc(F)c(F)c(F)c2)cc(C)c1Br. The molecule has 0 aliphatic carbocycles. The van der Waals surface area contributed by atoms with E-state index in [4.69, 9.17) is 0 Å². The quantitative estimate of drug-likeness (QED) is 0.773. The Kier molecular flexibility index (Phi) is 4.37. The van der Waals surface area contributed by atoms with Gasteiger partial charge in [0.1, 0.15) is 0 Å². The van der Waals surface area contributed by atoms with Crippen LogP contribution in [-0.2, 0) is 0 Å². The van der Waals surface area contributed by atoms with Crippen molar-refractivity contribution in [2.45, 2.75) is 13.8 Å². The predicted octanol–water partition coefficient (Wildman–Crippen LogP) is 4.74. The van der Waals surface area contributed by atoms with E-state index in [0.29, 0.717) is 17.8 Å². The third-order valence-corrected chi connectivity index (χ3v) is 4.19. The predicted molar refractivity (Wildman–Crippen MR) is 77.9 cm³/mol. The molecule has 2 rings (SSSR count). The van der Waals surface area contributed by atoms with Crippen molar-refractivity contribution in [3.05, 3.63) is 62.9 Å². The summed E-state index contributed by atoms with van der Waals surface area (Å²) in [5, 5.41) is 2.53. The summed E-state index contributed by atoms with van der Waals surface area (Å²) in [6.45, 7) is 3.70. The van der Waals surface area contributed by atoms with Gasteiger partial charge in [-0.15, -0.1) is 0 Å². The molecule has 0 heterocycles. The fraction of sp³-hybridized carbons (Fsp3) is 0.133. The molecule has 1 amide bonds. The molecule has 0 bridgehead atoms. The van der Waals surface area contributed by atoms with E-state index in [1.807, 2.05) is 13.8 Å². The summed E-state index contributed by atoms with van der Waals surface area (Å²) in [5.74, 6) is -5.11. The molecule has 0 aliphatic heterocycles. The van der Waals surface area contributed by atoms with Crippen molar-refractivity contribution < 1.29 is 18.0 Å². The number of anilines is 1. The molecule has 0 spiro atoms. The first kappa shape index (κ1) is 15.6. The number of hydrogen-bond donors (Lipinski definition) is 1. The van der Waals surface area contributed by atoms with Crippen LogP contribution in [0.4, 0.5) is 18.9 Å². The maximum Gasteiger partial charge on any atom is 0.255 e. The molecule has 2 aromatic carbocycles. The van der Waals surface area contributed by atoms with Crippen LogP contribution >= 0.6 is 15.9 Å². The molecule has 110 valence electrons. The molecule has 0 unspecified atom stereocenters. The van der Waals surface area contributed by atoms with Gasteiger partial charge in [0.2, 0.25) is 0 Å². The Morgan fingerprint density at radius 3 is 1.95 bits per heavy atom. The number of amides is 1. The van der Waals surface area contributed by atoms with E-state index >= 15 is 0 Å². The zero-order chi connectivity index (χ0) is 15.7. The summed E-state index contributed by atoms with van der Waals surface area (Å²) in [5.41, 5.74) is 2.01. The number of carbonyl (C=O) groups is 1. The number of rotatable bonds is 2. The summed E-state index contributed by atoms with van der Waals surface area (Å²) >= 11 is 3.40. The van der Waals surface area contributed by atoms with Crippen molar-refractivity contribution in [2.24, 2.45) is 0 Å². The van der Waals surface area contributed by atoms with Gasteiger partial charge in [-0.1, -0.05) is 15.9 Å². The van der Waals surface area contributed by atoms with Gasteiger partial charge in [-0.05, 0) is 49.2 Å². The summed E-state index contributed by atoms with van der Waals surface area (Å²) in [6.07, 6.45) is 0. The Balaban J connectivity index is 2.30. The van der Waals surface area contributed by atoms with Crippen molar-refractivity contribution in [3.63, 3.8) is 0 Å². The fourth-order valence-electron chi connectivity index (χ4n) is 1.91. The third kappa shape index (κ3) is 3.26. The van der Waals surface area contributed by atoms with Crippen LogP contribution in [-0.4, -0.2) is 5.91 Å². The molecular weight excluding hydrogens is 347 g/mol. The zero-order valence-electron chi connectivity index (χ0n) is 11.2. The topological polar surface area (TPSA) is 29.1 Å². The van der Waals surface area contributed by atoms with Gasteiger partial charge < -0.3 is 5.32 Å². The van der Waals surface area contributed by atoms with Crippen molar-refractivity contribution in [3.8, 4) is 0 Å². The average molecular weight is 358 g/mol. The maximum atomic E-state index is 13.1. The lowest BCUT2D eigenvalue weighted by molar-refractivity contribution is 0.102. The molecule has 0 fully saturated rings. The first-order valence-corrected chi connectivity index (χ1v) is 6.81. The zero-order valence-corrected chi connectivity index (χ0v) is 12.8. The third-order valence-electron chi connectivity index (χ3n) is 2.94. The summed E-state index contributed by atoms with van der Waals surface area (Å²) < 4.78 is 40.0. The van der Waals surface area contributed by atoms with Crippen LogP contribution in [0, 0.1) is 31.3 Å². The highest BCUT2D eigenvalue weighted by Crippen LogP contribution is 2.25. The Labute approximate surface area is 128 Å². The van der Waals surface area contributed by atoms with E-state index in [1.54, 1.807) is 12.1 Å². The van der Waals surface area contributed by atoms with E-state index < -0.39 is 23.4 Å². The lowest BCUT2D eigenvalue weighted by Crippen LogP contribution is -2.13. The summed E-state index contributed by atoms with van der Waals surface area (Å²) in [6, 6.07) is 4.75. The molecular formula is C15H11BrF3NO. The van der Waals surface area contributed by atoms with Gasteiger partial charge in [-0.2, -0.15) is 0 Å². The van der Waals surface area contributed by atoms with Gasteiger partial charge in [-0.25, -0.2) is 13.2 Å². The second kappa shape index (κ2) is 5.89. The first-order valence-electron chi connectivity index (χ1n) is 6.02. The number of carbonyl (C=O) groups excluding carboxylic acids is 1. The average Bonchev–Trinajstić information content (AvgIpc) is 2.41. The van der Waals surface area contributed by atoms with Gasteiger partial charge in [0.25, 0.3) is 5.91 Å². The van der Waals surface area contributed by atoms with Crippen molar-refractivity contribution >= 4 is 27.5 Å². The van der Waals surface area contributed by atoms with E-state index in [-0.39, 0.29) is 5.56 Å². The van der Waals surface area contributed by atoms with Crippen molar-refractivity contribution in [1.29, 1.82) is 0 Å². The first-order chi connectivity index (χ1) is 9.79. The van der Waals surface area contributed by atoms with Crippen LogP contribution in [0.15, 0.2) is 28.7 Å². The molecule has 21 heavy (non-hydrogen) atoms. The van der Waals surface area contributed by atoms with E-state index in [9.17, 15) is 18.0 Å². The van der Waals surface area contributed by atoms with Crippen LogP contribution < -0.4 is 5.32 Å². The van der Waals surface area contributed by atoms with Crippen LogP contribution in [0.5, 0.6) is 0 Å². The lowest BCUT2D eigenvalue weighted by atomic mass is 10.1. The number of benzene rings is 2. The minimum atomic E-state index is -1.60. The monoisotopic (exact) mass is 357 g/mol. The summed E-state index contributed by atoms with van der Waals surface area (Å²) in [7, 11) is 0. The molecule has 6 heteroatoms. The highest BCUT2D eigenvalue weighted by atomic mass is 79.9. The minimum Gasteiger partial charge on any atom is -0.322 e. The van der Waals surface area contributed by atoms with Gasteiger partial charge in [0.15, 0.2) is 17.5 Å². The highest BCUT2D eigenvalue weighted by Gasteiger charge is 2.15. The van der Waals surface area contributed by atoms with Gasteiger partial charge in [0, 0.05) is 15.7 Å². The molecule has 2 aromatic rings. The normalized spacial score (nSPS) is 10.6. The maximum absolute atomic E-state index is 13.1. The number of hydrogen-bond acceptors (Lipinski definition) is 1. The van der Waals surface area contributed by atoms with E-state index in [1.165, 1.54) is 0 Å².